The van der Waals surface area contributed by atoms with E-state index in [9.17, 15) is 9.59 Å². The zero-order valence-electron chi connectivity index (χ0n) is 19.8. The Morgan fingerprint density at radius 1 is 0.724 bits per heavy atom. The Hall–Kier alpha value is -1.90. The second kappa shape index (κ2) is 16.0. The first-order valence-electron chi connectivity index (χ1n) is 10.9. The van der Waals surface area contributed by atoms with Gasteiger partial charge >= 0.3 is 5.97 Å². The summed E-state index contributed by atoms with van der Waals surface area (Å²) in [7, 11) is 0. The topological polar surface area (TPSA) is 43.4 Å². The number of carbonyl (C=O) groups is 2. The Morgan fingerprint density at radius 3 is 1.59 bits per heavy atom. The molecule has 0 aliphatic heterocycles. The molecule has 0 aliphatic rings. The van der Waals surface area contributed by atoms with E-state index in [-0.39, 0.29) is 5.78 Å². The van der Waals surface area contributed by atoms with Gasteiger partial charge in [0, 0.05) is 0 Å². The summed E-state index contributed by atoms with van der Waals surface area (Å²) < 4.78 is 4.99. The molecule has 0 saturated carbocycles. The highest BCUT2D eigenvalue weighted by Gasteiger charge is 2.23. The van der Waals surface area contributed by atoms with Crippen molar-refractivity contribution in [2.45, 2.75) is 93.4 Å². The number of allylic oxidation sites excluding steroid dienone is 8. The molecule has 1 unspecified atom stereocenters. The predicted octanol–water partition coefficient (Wildman–Crippen LogP) is 7.29. The van der Waals surface area contributed by atoms with Crippen molar-refractivity contribution in [1.82, 2.24) is 0 Å². The molecule has 29 heavy (non-hydrogen) atoms. The first-order chi connectivity index (χ1) is 13.7. The molecule has 0 N–H and O–H groups in total. The largest absolute Gasteiger partial charge is 0.465 e. The predicted molar refractivity (Wildman–Crippen MR) is 124 cm³/mol. The standard InChI is InChI=1S/C26H42O3/c1-8-29-26(28)25(24(7)27)19-18-23(6)17-11-16-22(5)15-10-14-21(4)13-9-12-20(2)3/h12,14,16,18,25H,8-11,13,15,17,19H2,1-7H3. The maximum absolute atomic E-state index is 11.8. The number of esters is 1. The molecule has 0 bridgehead atoms. The number of rotatable bonds is 14. The minimum Gasteiger partial charge on any atom is -0.465 e. The summed E-state index contributed by atoms with van der Waals surface area (Å²) in [6.45, 7) is 14.3. The lowest BCUT2D eigenvalue weighted by Gasteiger charge is -2.10. The summed E-state index contributed by atoms with van der Waals surface area (Å²) >= 11 is 0. The van der Waals surface area contributed by atoms with E-state index in [4.69, 9.17) is 4.74 Å². The highest BCUT2D eigenvalue weighted by atomic mass is 16.5. The summed E-state index contributed by atoms with van der Waals surface area (Å²) in [6, 6.07) is 0. The fraction of sp³-hybridized carbons (Fsp3) is 0.615. The van der Waals surface area contributed by atoms with Crippen molar-refractivity contribution in [2.75, 3.05) is 6.61 Å². The average molecular weight is 403 g/mol. The van der Waals surface area contributed by atoms with Crippen LogP contribution in [0.25, 0.3) is 0 Å². The van der Waals surface area contributed by atoms with Crippen molar-refractivity contribution in [3.8, 4) is 0 Å². The number of carbonyl (C=O) groups excluding carboxylic acids is 2. The summed E-state index contributed by atoms with van der Waals surface area (Å²) in [5, 5.41) is 0. The number of ether oxygens (including phenoxy) is 1. The zero-order chi connectivity index (χ0) is 22.2. The minimum absolute atomic E-state index is 0.132. The molecule has 1 atom stereocenters. The van der Waals surface area contributed by atoms with Crippen LogP contribution in [0.2, 0.25) is 0 Å². The third-order valence-electron chi connectivity index (χ3n) is 4.92. The van der Waals surface area contributed by atoms with Gasteiger partial charge in [-0.1, -0.05) is 46.6 Å². The second-order valence-electron chi connectivity index (χ2n) is 8.20. The van der Waals surface area contributed by atoms with Crippen molar-refractivity contribution in [2.24, 2.45) is 5.92 Å². The lowest BCUT2D eigenvalue weighted by Crippen LogP contribution is -2.23. The number of Topliss-reactive ketones (excluding diaryl/α,β-unsaturated/α-hetero) is 1. The van der Waals surface area contributed by atoms with Gasteiger partial charge in [-0.2, -0.15) is 0 Å². The van der Waals surface area contributed by atoms with Gasteiger partial charge in [0.2, 0.25) is 0 Å². The lowest BCUT2D eigenvalue weighted by atomic mass is 9.98. The maximum atomic E-state index is 11.8. The van der Waals surface area contributed by atoms with Crippen molar-refractivity contribution >= 4 is 11.8 Å². The Morgan fingerprint density at radius 2 is 1.17 bits per heavy atom. The van der Waals surface area contributed by atoms with Gasteiger partial charge < -0.3 is 4.74 Å². The first-order valence-corrected chi connectivity index (χ1v) is 10.9. The summed E-state index contributed by atoms with van der Waals surface area (Å²) in [5.41, 5.74) is 5.48. The molecule has 0 saturated heterocycles. The van der Waals surface area contributed by atoms with Gasteiger partial charge in [0.15, 0.2) is 0 Å². The maximum Gasteiger partial charge on any atom is 0.316 e. The van der Waals surface area contributed by atoms with Crippen molar-refractivity contribution in [3.63, 3.8) is 0 Å². The van der Waals surface area contributed by atoms with Crippen LogP contribution >= 0.6 is 0 Å². The van der Waals surface area contributed by atoms with Crippen LogP contribution in [0.15, 0.2) is 46.6 Å². The van der Waals surface area contributed by atoms with E-state index in [0.29, 0.717) is 13.0 Å². The van der Waals surface area contributed by atoms with E-state index in [2.05, 4.69) is 52.8 Å². The van der Waals surface area contributed by atoms with Crippen LogP contribution in [0.5, 0.6) is 0 Å². The van der Waals surface area contributed by atoms with E-state index in [1.54, 1.807) is 6.92 Å². The van der Waals surface area contributed by atoms with Crippen molar-refractivity contribution in [1.29, 1.82) is 0 Å². The Bertz CT molecular complexity index is 628. The van der Waals surface area contributed by atoms with Gasteiger partial charge in [-0.15, -0.1) is 0 Å². The minimum atomic E-state index is -0.672. The van der Waals surface area contributed by atoms with Crippen LogP contribution in [-0.4, -0.2) is 18.4 Å². The normalized spacial score (nSPS) is 13.8. The number of hydrogen-bond donors (Lipinski definition) is 0. The molecule has 0 amide bonds. The second-order valence-corrected chi connectivity index (χ2v) is 8.20. The molecule has 0 aromatic heterocycles. The third-order valence-corrected chi connectivity index (χ3v) is 4.92. The average Bonchev–Trinajstić information content (AvgIpc) is 2.61. The Balaban J connectivity index is 4.34. The molecule has 3 nitrogen and oxygen atoms in total. The van der Waals surface area contributed by atoms with Gasteiger partial charge in [-0.3, -0.25) is 9.59 Å². The van der Waals surface area contributed by atoms with Crippen LogP contribution in [0.1, 0.15) is 93.4 Å². The van der Waals surface area contributed by atoms with E-state index in [1.807, 2.05) is 6.08 Å². The smallest absolute Gasteiger partial charge is 0.316 e. The summed E-state index contributed by atoms with van der Waals surface area (Å²) in [4.78, 5) is 23.5. The number of ketones is 1. The third kappa shape index (κ3) is 14.7. The van der Waals surface area contributed by atoms with Crippen LogP contribution < -0.4 is 0 Å². The highest BCUT2D eigenvalue weighted by Crippen LogP contribution is 2.16. The summed E-state index contributed by atoms with van der Waals surface area (Å²) in [6.07, 6.45) is 15.8. The molecule has 0 aromatic rings. The molecular weight excluding hydrogens is 360 g/mol. The number of hydrogen-bond acceptors (Lipinski definition) is 3. The van der Waals surface area contributed by atoms with Gasteiger partial charge in [-0.25, -0.2) is 0 Å². The molecule has 0 fully saturated rings. The molecule has 0 radical (unpaired) electrons. The molecule has 0 heterocycles. The van der Waals surface area contributed by atoms with E-state index in [0.717, 1.165) is 38.5 Å². The molecule has 0 rings (SSSR count). The molecule has 0 aliphatic carbocycles. The van der Waals surface area contributed by atoms with Crippen molar-refractivity contribution < 1.29 is 14.3 Å². The Kier molecular flexibility index (Phi) is 14.9. The monoisotopic (exact) mass is 402 g/mol. The molecule has 0 spiro atoms. The zero-order valence-corrected chi connectivity index (χ0v) is 19.8. The lowest BCUT2D eigenvalue weighted by molar-refractivity contribution is -0.150. The molecular formula is C26H42O3. The fourth-order valence-corrected chi connectivity index (χ4v) is 2.98. The van der Waals surface area contributed by atoms with Gasteiger partial charge in [0.1, 0.15) is 11.7 Å². The molecule has 0 aromatic carbocycles. The van der Waals surface area contributed by atoms with E-state index < -0.39 is 11.9 Å². The van der Waals surface area contributed by atoms with Crippen molar-refractivity contribution in [3.05, 3.63) is 46.6 Å². The van der Waals surface area contributed by atoms with Crippen LogP contribution in [0.4, 0.5) is 0 Å². The van der Waals surface area contributed by atoms with Gasteiger partial charge in [0.05, 0.1) is 6.61 Å². The quantitative estimate of drug-likeness (QED) is 0.174. The molecule has 164 valence electrons. The Labute approximate surface area is 179 Å². The first kappa shape index (κ1) is 27.1. The fourth-order valence-electron chi connectivity index (χ4n) is 2.98. The highest BCUT2D eigenvalue weighted by molar-refractivity contribution is 5.97. The van der Waals surface area contributed by atoms with Crippen LogP contribution in [0.3, 0.4) is 0 Å². The van der Waals surface area contributed by atoms with Gasteiger partial charge in [-0.05, 0) is 93.4 Å². The SMILES string of the molecule is CCOC(=O)C(CC=C(C)CCC=C(C)CCC=C(C)CCC=C(C)C)C(C)=O. The van der Waals surface area contributed by atoms with E-state index >= 15 is 0 Å². The summed E-state index contributed by atoms with van der Waals surface area (Å²) in [5.74, 6) is -1.22. The molecule has 3 heteroatoms. The van der Waals surface area contributed by atoms with Crippen LogP contribution in [-0.2, 0) is 14.3 Å². The van der Waals surface area contributed by atoms with Crippen LogP contribution in [0, 0.1) is 5.92 Å². The van der Waals surface area contributed by atoms with E-state index in [1.165, 1.54) is 29.2 Å². The van der Waals surface area contributed by atoms with Gasteiger partial charge in [0.25, 0.3) is 0 Å².